The van der Waals surface area contributed by atoms with E-state index in [0.29, 0.717) is 11.3 Å². The first-order valence-electron chi connectivity index (χ1n) is 9.81. The number of carbonyl (C=O) groups is 3. The van der Waals surface area contributed by atoms with Crippen LogP contribution in [0.3, 0.4) is 0 Å². The lowest BCUT2D eigenvalue weighted by Gasteiger charge is -2.29. The van der Waals surface area contributed by atoms with Crippen molar-refractivity contribution in [3.05, 3.63) is 54.1 Å². The molecule has 2 aliphatic heterocycles. The fourth-order valence-electron chi connectivity index (χ4n) is 3.67. The molecule has 0 radical (unpaired) electrons. The van der Waals surface area contributed by atoms with Gasteiger partial charge in [0.25, 0.3) is 5.91 Å². The summed E-state index contributed by atoms with van der Waals surface area (Å²) in [6, 6.07) is 13.4. The van der Waals surface area contributed by atoms with Gasteiger partial charge in [-0.05, 0) is 48.5 Å². The molecule has 8 heteroatoms. The minimum atomic E-state index is -0.632. The zero-order valence-electron chi connectivity index (χ0n) is 16.7. The Kier molecular flexibility index (Phi) is 5.67. The molecule has 0 unspecified atom stereocenters. The molecule has 8 nitrogen and oxygen atoms in total. The van der Waals surface area contributed by atoms with E-state index in [2.05, 4.69) is 15.0 Å². The molecule has 2 aliphatic rings. The Labute approximate surface area is 174 Å². The normalized spacial score (nSPS) is 19.2. The van der Waals surface area contributed by atoms with Crippen LogP contribution in [-0.4, -0.2) is 57.2 Å². The van der Waals surface area contributed by atoms with Gasteiger partial charge in [0.05, 0.1) is 38.0 Å². The first-order chi connectivity index (χ1) is 14.6. The molecule has 0 bridgehead atoms. The number of carbonyl (C=O) groups excluding carboxylic acids is 3. The second-order valence-electron chi connectivity index (χ2n) is 7.15. The molecule has 30 heavy (non-hydrogen) atoms. The molecule has 156 valence electrons. The SMILES string of the molecule is COC(=O)c1ccc(N2C(=O)C[C@@H](Nc3ccc(N4CCOCC4)cc3)C2=O)cc1. The number of rotatable bonds is 5. The van der Waals surface area contributed by atoms with Gasteiger partial charge in [-0.15, -0.1) is 0 Å². The lowest BCUT2D eigenvalue weighted by Crippen LogP contribution is -2.36. The molecule has 0 saturated carbocycles. The van der Waals surface area contributed by atoms with Crippen LogP contribution in [-0.2, 0) is 19.1 Å². The van der Waals surface area contributed by atoms with E-state index in [4.69, 9.17) is 4.74 Å². The number of hydrogen-bond donors (Lipinski definition) is 1. The zero-order chi connectivity index (χ0) is 21.1. The van der Waals surface area contributed by atoms with E-state index in [0.717, 1.165) is 42.6 Å². The predicted molar refractivity (Wildman–Crippen MR) is 112 cm³/mol. The topological polar surface area (TPSA) is 88.2 Å². The Balaban J connectivity index is 1.43. The van der Waals surface area contributed by atoms with Crippen molar-refractivity contribution in [2.45, 2.75) is 12.5 Å². The monoisotopic (exact) mass is 409 g/mol. The van der Waals surface area contributed by atoms with Gasteiger partial charge in [0.1, 0.15) is 6.04 Å². The van der Waals surface area contributed by atoms with Crippen LogP contribution in [0.4, 0.5) is 17.1 Å². The Morgan fingerprint density at radius 2 is 1.63 bits per heavy atom. The van der Waals surface area contributed by atoms with Gasteiger partial charge in [0.15, 0.2) is 0 Å². The maximum Gasteiger partial charge on any atom is 0.337 e. The molecule has 1 atom stereocenters. The van der Waals surface area contributed by atoms with Crippen LogP contribution in [0.15, 0.2) is 48.5 Å². The van der Waals surface area contributed by atoms with Crippen LogP contribution >= 0.6 is 0 Å². The van der Waals surface area contributed by atoms with Crippen molar-refractivity contribution in [2.24, 2.45) is 0 Å². The number of hydrogen-bond acceptors (Lipinski definition) is 7. The number of nitrogens with one attached hydrogen (secondary N) is 1. The minimum Gasteiger partial charge on any atom is -0.465 e. The van der Waals surface area contributed by atoms with Gasteiger partial charge >= 0.3 is 5.97 Å². The van der Waals surface area contributed by atoms with Gasteiger partial charge in [-0.3, -0.25) is 9.59 Å². The highest BCUT2D eigenvalue weighted by Gasteiger charge is 2.39. The van der Waals surface area contributed by atoms with Crippen LogP contribution in [0, 0.1) is 0 Å². The van der Waals surface area contributed by atoms with E-state index >= 15 is 0 Å². The third kappa shape index (κ3) is 3.99. The lowest BCUT2D eigenvalue weighted by atomic mass is 10.2. The Morgan fingerprint density at radius 3 is 2.27 bits per heavy atom. The highest BCUT2D eigenvalue weighted by atomic mass is 16.5. The summed E-state index contributed by atoms with van der Waals surface area (Å²) >= 11 is 0. The molecule has 2 amide bonds. The van der Waals surface area contributed by atoms with Gasteiger partial charge in [0.2, 0.25) is 5.91 Å². The third-order valence-corrected chi connectivity index (χ3v) is 5.28. The predicted octanol–water partition coefficient (Wildman–Crippen LogP) is 2.05. The van der Waals surface area contributed by atoms with Gasteiger partial charge < -0.3 is 19.7 Å². The van der Waals surface area contributed by atoms with Crippen molar-refractivity contribution in [3.8, 4) is 0 Å². The Morgan fingerprint density at radius 1 is 1.00 bits per heavy atom. The van der Waals surface area contributed by atoms with E-state index in [9.17, 15) is 14.4 Å². The number of esters is 1. The van der Waals surface area contributed by atoms with Crippen molar-refractivity contribution in [1.29, 1.82) is 0 Å². The molecule has 2 aromatic rings. The third-order valence-electron chi connectivity index (χ3n) is 5.28. The molecule has 1 N–H and O–H groups in total. The maximum absolute atomic E-state index is 12.8. The molecule has 2 saturated heterocycles. The molecule has 0 aromatic heterocycles. The molecule has 2 fully saturated rings. The molecular weight excluding hydrogens is 386 g/mol. The van der Waals surface area contributed by atoms with Gasteiger partial charge in [-0.2, -0.15) is 0 Å². The summed E-state index contributed by atoms with van der Waals surface area (Å²) in [6.07, 6.45) is 0.0722. The van der Waals surface area contributed by atoms with E-state index < -0.39 is 12.0 Å². The molecule has 2 heterocycles. The van der Waals surface area contributed by atoms with Gasteiger partial charge in [-0.1, -0.05) is 0 Å². The summed E-state index contributed by atoms with van der Waals surface area (Å²) in [6.45, 7) is 3.14. The van der Waals surface area contributed by atoms with Gasteiger partial charge in [-0.25, -0.2) is 9.69 Å². The number of morpholine rings is 1. The lowest BCUT2D eigenvalue weighted by molar-refractivity contribution is -0.121. The summed E-state index contributed by atoms with van der Waals surface area (Å²) in [5.41, 5.74) is 2.67. The number of anilines is 3. The number of ether oxygens (including phenoxy) is 2. The number of nitrogens with zero attached hydrogens (tertiary/aromatic N) is 2. The fourth-order valence-corrected chi connectivity index (χ4v) is 3.67. The molecule has 0 aliphatic carbocycles. The number of amides is 2. The van der Waals surface area contributed by atoms with E-state index in [-0.39, 0.29) is 18.2 Å². The van der Waals surface area contributed by atoms with E-state index in [1.54, 1.807) is 12.1 Å². The summed E-state index contributed by atoms with van der Waals surface area (Å²) in [7, 11) is 1.30. The van der Waals surface area contributed by atoms with Crippen LogP contribution in [0.25, 0.3) is 0 Å². The van der Waals surface area contributed by atoms with Crippen LogP contribution in [0.1, 0.15) is 16.8 Å². The molecule has 0 spiro atoms. The number of methoxy groups -OCH3 is 1. The second-order valence-corrected chi connectivity index (χ2v) is 7.15. The highest BCUT2D eigenvalue weighted by molar-refractivity contribution is 6.23. The average molecular weight is 409 g/mol. The van der Waals surface area contributed by atoms with Crippen LogP contribution < -0.4 is 15.1 Å². The zero-order valence-corrected chi connectivity index (χ0v) is 16.7. The van der Waals surface area contributed by atoms with Crippen molar-refractivity contribution in [2.75, 3.05) is 48.5 Å². The van der Waals surface area contributed by atoms with Crippen molar-refractivity contribution in [1.82, 2.24) is 0 Å². The smallest absolute Gasteiger partial charge is 0.337 e. The Bertz CT molecular complexity index is 936. The maximum atomic E-state index is 12.8. The van der Waals surface area contributed by atoms with Crippen molar-refractivity contribution >= 4 is 34.8 Å². The number of benzene rings is 2. The standard InChI is InChI=1S/C22H23N3O5/c1-29-22(28)15-2-6-18(7-3-15)25-20(26)14-19(21(25)27)23-16-4-8-17(9-5-16)24-10-12-30-13-11-24/h2-9,19,23H,10-14H2,1H3/t19-/m1/s1. The average Bonchev–Trinajstić information content (AvgIpc) is 3.07. The quantitative estimate of drug-likeness (QED) is 0.597. The summed E-state index contributed by atoms with van der Waals surface area (Å²) in [4.78, 5) is 40.3. The first-order valence-corrected chi connectivity index (χ1v) is 9.81. The summed E-state index contributed by atoms with van der Waals surface area (Å²) in [5.74, 6) is -1.07. The second kappa shape index (κ2) is 8.54. The number of imide groups is 1. The largest absolute Gasteiger partial charge is 0.465 e. The van der Waals surface area contributed by atoms with Gasteiger partial charge in [0, 0.05) is 24.5 Å². The fraction of sp³-hybridized carbons (Fsp3) is 0.318. The first kappa shape index (κ1) is 19.9. The minimum absolute atomic E-state index is 0.0722. The summed E-state index contributed by atoms with van der Waals surface area (Å²) in [5, 5.41) is 3.16. The molecule has 4 rings (SSSR count). The van der Waals surface area contributed by atoms with Crippen LogP contribution in [0.2, 0.25) is 0 Å². The van der Waals surface area contributed by atoms with E-state index in [1.165, 1.54) is 19.2 Å². The van der Waals surface area contributed by atoms with Crippen molar-refractivity contribution < 1.29 is 23.9 Å². The van der Waals surface area contributed by atoms with Crippen molar-refractivity contribution in [3.63, 3.8) is 0 Å². The molecule has 2 aromatic carbocycles. The Hall–Kier alpha value is -3.39. The summed E-state index contributed by atoms with van der Waals surface area (Å²) < 4.78 is 10.0. The van der Waals surface area contributed by atoms with E-state index in [1.807, 2.05) is 24.3 Å². The molecular formula is C22H23N3O5. The van der Waals surface area contributed by atoms with Crippen LogP contribution in [0.5, 0.6) is 0 Å². The highest BCUT2D eigenvalue weighted by Crippen LogP contribution is 2.26.